The molecule has 0 aliphatic heterocycles. The van der Waals surface area contributed by atoms with Crippen molar-refractivity contribution in [3.63, 3.8) is 0 Å². The summed E-state index contributed by atoms with van der Waals surface area (Å²) in [5.74, 6) is 0.425. The Kier molecular flexibility index (Phi) is 6.85. The molecule has 0 amide bonds. The molecule has 3 aromatic rings. The Morgan fingerprint density at radius 3 is 2.23 bits per heavy atom. The van der Waals surface area contributed by atoms with Crippen molar-refractivity contribution in [2.75, 3.05) is 20.3 Å². The molecule has 0 radical (unpaired) electrons. The highest BCUT2D eigenvalue weighted by atomic mass is 16.5. The van der Waals surface area contributed by atoms with Crippen LogP contribution in [0, 0.1) is 13.8 Å². The lowest BCUT2D eigenvalue weighted by Crippen LogP contribution is -2.16. The van der Waals surface area contributed by atoms with E-state index in [1.54, 1.807) is 43.5 Å². The minimum Gasteiger partial charge on any atom is -0.485 e. The SMILES string of the molecule is COCC(C)n1c(C)cc(C(=O)COc2ccc(C(=O)c3ccccc3)cc2)c1C. The van der Waals surface area contributed by atoms with Crippen LogP contribution in [0.15, 0.2) is 60.7 Å². The number of hydrogen-bond acceptors (Lipinski definition) is 4. The molecule has 0 saturated carbocycles. The van der Waals surface area contributed by atoms with Gasteiger partial charge in [0.15, 0.2) is 12.4 Å². The van der Waals surface area contributed by atoms with Gasteiger partial charge in [-0.1, -0.05) is 30.3 Å². The van der Waals surface area contributed by atoms with E-state index < -0.39 is 0 Å². The summed E-state index contributed by atoms with van der Waals surface area (Å²) in [6, 6.07) is 18.0. The van der Waals surface area contributed by atoms with Gasteiger partial charge in [0.1, 0.15) is 5.75 Å². The average molecular weight is 405 g/mol. The number of nitrogens with zero attached hydrogens (tertiary/aromatic N) is 1. The summed E-state index contributed by atoms with van der Waals surface area (Å²) in [5.41, 5.74) is 3.81. The lowest BCUT2D eigenvalue weighted by molar-refractivity contribution is 0.0919. The zero-order chi connectivity index (χ0) is 21.7. The molecular weight excluding hydrogens is 378 g/mol. The van der Waals surface area contributed by atoms with Crippen LogP contribution < -0.4 is 4.74 Å². The van der Waals surface area contributed by atoms with E-state index in [9.17, 15) is 9.59 Å². The van der Waals surface area contributed by atoms with E-state index in [-0.39, 0.29) is 24.2 Å². The van der Waals surface area contributed by atoms with Crippen molar-refractivity contribution in [3.05, 3.63) is 88.7 Å². The first-order valence-corrected chi connectivity index (χ1v) is 9.95. The number of methoxy groups -OCH3 is 1. The van der Waals surface area contributed by atoms with Crippen LogP contribution in [0.25, 0.3) is 0 Å². The minimum atomic E-state index is -0.0802. The standard InChI is InChI=1S/C25H27NO4/c1-17-14-23(19(3)26(17)18(2)15-29-4)24(27)16-30-22-12-10-21(11-13-22)25(28)20-8-6-5-7-9-20/h5-14,18H,15-16H2,1-4H3. The van der Waals surface area contributed by atoms with Crippen molar-refractivity contribution in [1.82, 2.24) is 4.57 Å². The topological polar surface area (TPSA) is 57.5 Å². The fraction of sp³-hybridized carbons (Fsp3) is 0.280. The van der Waals surface area contributed by atoms with Gasteiger partial charge < -0.3 is 14.0 Å². The van der Waals surface area contributed by atoms with Crippen LogP contribution in [0.2, 0.25) is 0 Å². The molecule has 5 heteroatoms. The number of hydrogen-bond donors (Lipinski definition) is 0. The normalized spacial score (nSPS) is 11.9. The lowest BCUT2D eigenvalue weighted by atomic mass is 10.0. The Balaban J connectivity index is 1.65. The fourth-order valence-electron chi connectivity index (χ4n) is 3.74. The fourth-order valence-corrected chi connectivity index (χ4v) is 3.74. The molecular formula is C25H27NO4. The average Bonchev–Trinajstić information content (AvgIpc) is 3.06. The molecule has 156 valence electrons. The highest BCUT2D eigenvalue weighted by Gasteiger charge is 2.19. The van der Waals surface area contributed by atoms with Gasteiger partial charge in [-0.3, -0.25) is 9.59 Å². The Bertz CT molecular complexity index is 1020. The number of aryl methyl sites for hydroxylation is 1. The zero-order valence-electron chi connectivity index (χ0n) is 17.8. The van der Waals surface area contributed by atoms with Crippen molar-refractivity contribution in [3.8, 4) is 5.75 Å². The minimum absolute atomic E-state index is 0.0455. The number of rotatable bonds is 9. The summed E-state index contributed by atoms with van der Waals surface area (Å²) in [4.78, 5) is 25.2. The van der Waals surface area contributed by atoms with E-state index >= 15 is 0 Å². The Labute approximate surface area is 177 Å². The van der Waals surface area contributed by atoms with Gasteiger partial charge in [0, 0.05) is 35.2 Å². The van der Waals surface area contributed by atoms with Gasteiger partial charge in [-0.2, -0.15) is 0 Å². The Morgan fingerprint density at radius 1 is 0.967 bits per heavy atom. The molecule has 3 rings (SSSR count). The third-order valence-corrected chi connectivity index (χ3v) is 5.16. The molecule has 0 saturated heterocycles. The number of Topliss-reactive ketones (excluding diaryl/α,β-unsaturated/α-hetero) is 1. The van der Waals surface area contributed by atoms with Gasteiger partial charge in [0.05, 0.1) is 12.6 Å². The summed E-state index contributed by atoms with van der Waals surface area (Å²) in [7, 11) is 1.67. The van der Waals surface area contributed by atoms with Crippen molar-refractivity contribution in [1.29, 1.82) is 0 Å². The Morgan fingerprint density at radius 2 is 1.60 bits per heavy atom. The van der Waals surface area contributed by atoms with Crippen LogP contribution in [0.4, 0.5) is 0 Å². The van der Waals surface area contributed by atoms with Crippen LogP contribution in [-0.2, 0) is 4.74 Å². The van der Waals surface area contributed by atoms with Crippen molar-refractivity contribution >= 4 is 11.6 Å². The second-order valence-corrected chi connectivity index (χ2v) is 7.39. The predicted octanol–water partition coefficient (Wildman–Crippen LogP) is 4.81. The second-order valence-electron chi connectivity index (χ2n) is 7.39. The maximum atomic E-state index is 12.7. The van der Waals surface area contributed by atoms with E-state index in [1.165, 1.54) is 0 Å². The van der Waals surface area contributed by atoms with Crippen LogP contribution in [-0.4, -0.2) is 36.5 Å². The van der Waals surface area contributed by atoms with Gasteiger partial charge in [-0.05, 0) is 51.1 Å². The van der Waals surface area contributed by atoms with Crippen LogP contribution in [0.3, 0.4) is 0 Å². The summed E-state index contributed by atoms with van der Waals surface area (Å²) < 4.78 is 13.0. The van der Waals surface area contributed by atoms with Gasteiger partial charge in [0.25, 0.3) is 0 Å². The van der Waals surface area contributed by atoms with E-state index in [4.69, 9.17) is 9.47 Å². The van der Waals surface area contributed by atoms with E-state index in [0.717, 1.165) is 11.4 Å². The number of aromatic nitrogens is 1. The van der Waals surface area contributed by atoms with E-state index in [2.05, 4.69) is 11.5 Å². The number of benzene rings is 2. The summed E-state index contributed by atoms with van der Waals surface area (Å²) in [5, 5.41) is 0. The quantitative estimate of drug-likeness (QED) is 0.480. The molecule has 0 spiro atoms. The highest BCUT2D eigenvalue weighted by molar-refractivity contribution is 6.09. The van der Waals surface area contributed by atoms with Gasteiger partial charge >= 0.3 is 0 Å². The van der Waals surface area contributed by atoms with Crippen molar-refractivity contribution < 1.29 is 19.1 Å². The van der Waals surface area contributed by atoms with E-state index in [1.807, 2.05) is 38.1 Å². The van der Waals surface area contributed by atoms with Gasteiger partial charge in [0.2, 0.25) is 5.78 Å². The molecule has 0 fully saturated rings. The first-order chi connectivity index (χ1) is 14.4. The third-order valence-electron chi connectivity index (χ3n) is 5.16. The molecule has 30 heavy (non-hydrogen) atoms. The predicted molar refractivity (Wildman–Crippen MR) is 117 cm³/mol. The lowest BCUT2D eigenvalue weighted by Gasteiger charge is -2.17. The molecule has 0 aliphatic rings. The zero-order valence-corrected chi connectivity index (χ0v) is 17.8. The maximum Gasteiger partial charge on any atom is 0.202 e. The van der Waals surface area contributed by atoms with E-state index in [0.29, 0.717) is 29.0 Å². The first kappa shape index (κ1) is 21.5. The molecule has 1 unspecified atom stereocenters. The monoisotopic (exact) mass is 405 g/mol. The van der Waals surface area contributed by atoms with Gasteiger partial charge in [-0.15, -0.1) is 0 Å². The molecule has 0 bridgehead atoms. The van der Waals surface area contributed by atoms with Crippen molar-refractivity contribution in [2.45, 2.75) is 26.8 Å². The molecule has 1 atom stereocenters. The number of ketones is 2. The molecule has 1 heterocycles. The third kappa shape index (κ3) is 4.69. The smallest absolute Gasteiger partial charge is 0.202 e. The first-order valence-electron chi connectivity index (χ1n) is 9.95. The summed E-state index contributed by atoms with van der Waals surface area (Å²) in [6.07, 6.45) is 0. The van der Waals surface area contributed by atoms with Crippen LogP contribution >= 0.6 is 0 Å². The molecule has 2 aromatic carbocycles. The largest absolute Gasteiger partial charge is 0.485 e. The molecule has 5 nitrogen and oxygen atoms in total. The number of ether oxygens (including phenoxy) is 2. The molecule has 0 aliphatic carbocycles. The highest BCUT2D eigenvalue weighted by Crippen LogP contribution is 2.22. The summed E-state index contributed by atoms with van der Waals surface area (Å²) in [6.45, 7) is 6.51. The number of carbonyl (C=O) groups excluding carboxylic acids is 2. The maximum absolute atomic E-state index is 12.7. The summed E-state index contributed by atoms with van der Waals surface area (Å²) >= 11 is 0. The van der Waals surface area contributed by atoms with Gasteiger partial charge in [-0.25, -0.2) is 0 Å². The van der Waals surface area contributed by atoms with Crippen LogP contribution in [0.5, 0.6) is 5.75 Å². The van der Waals surface area contributed by atoms with Crippen LogP contribution in [0.1, 0.15) is 50.6 Å². The number of carbonyl (C=O) groups is 2. The Hall–Kier alpha value is -3.18. The molecule has 1 aromatic heterocycles. The second kappa shape index (κ2) is 9.55. The van der Waals surface area contributed by atoms with Crippen molar-refractivity contribution in [2.24, 2.45) is 0 Å². The molecule has 0 N–H and O–H groups in total.